The third-order valence-corrected chi connectivity index (χ3v) is 1.67. The van der Waals surface area contributed by atoms with Gasteiger partial charge in [-0.3, -0.25) is 0 Å². The maximum atomic E-state index is 8.57. The summed E-state index contributed by atoms with van der Waals surface area (Å²) >= 11 is 0. The van der Waals surface area contributed by atoms with Crippen molar-refractivity contribution in [3.05, 3.63) is 6.33 Å². The zero-order chi connectivity index (χ0) is 10.1. The molecular formula is C6H10N6O2. The lowest BCUT2D eigenvalue weighted by Gasteiger charge is -2.04. The molecule has 0 saturated heterocycles. The Balaban J connectivity index is 2.45. The van der Waals surface area contributed by atoms with E-state index in [1.165, 1.54) is 15.7 Å². The number of fused-ring (bicyclic) bond motifs is 1. The summed E-state index contributed by atoms with van der Waals surface area (Å²) in [5.74, 6) is 0.432. The van der Waals surface area contributed by atoms with E-state index in [1.54, 1.807) is 0 Å². The van der Waals surface area contributed by atoms with Crippen LogP contribution in [0.3, 0.4) is 0 Å². The van der Waals surface area contributed by atoms with Crippen molar-refractivity contribution in [1.29, 1.82) is 0 Å². The number of hydrogen-bond donors (Lipinski definition) is 3. The molecule has 0 aliphatic rings. The Bertz CT molecular complexity index is 446. The second-order valence-corrected chi connectivity index (χ2v) is 2.59. The highest BCUT2D eigenvalue weighted by Gasteiger charge is 2.11. The van der Waals surface area contributed by atoms with Gasteiger partial charge in [0.05, 0.1) is 6.61 Å². The van der Waals surface area contributed by atoms with Crippen molar-refractivity contribution in [2.75, 3.05) is 24.7 Å². The number of rotatable bonds is 3. The minimum Gasteiger partial charge on any atom is -0.394 e. The lowest BCUT2D eigenvalue weighted by Crippen LogP contribution is -2.19. The minimum absolute atomic E-state index is 0.0935. The van der Waals surface area contributed by atoms with Gasteiger partial charge in [-0.2, -0.15) is 9.50 Å². The van der Waals surface area contributed by atoms with Crippen molar-refractivity contribution in [3.63, 3.8) is 0 Å². The first-order chi connectivity index (χ1) is 6.74. The molecule has 14 heavy (non-hydrogen) atoms. The second-order valence-electron chi connectivity index (χ2n) is 2.59. The molecule has 2 aromatic rings. The van der Waals surface area contributed by atoms with E-state index in [0.29, 0.717) is 5.65 Å². The molecule has 0 bridgehead atoms. The summed E-state index contributed by atoms with van der Waals surface area (Å²) in [6.45, 7) is 0.0484. The molecule has 0 aromatic carbocycles. The summed E-state index contributed by atoms with van der Waals surface area (Å²) in [7, 11) is 0. The maximum Gasteiger partial charge on any atom is 0.226 e. The molecule has 2 heterocycles. The molecular weight excluding hydrogens is 188 g/mol. The molecule has 0 radical (unpaired) electrons. The molecule has 0 unspecified atom stereocenters. The van der Waals surface area contributed by atoms with Crippen LogP contribution in [0.25, 0.3) is 5.65 Å². The van der Waals surface area contributed by atoms with Crippen molar-refractivity contribution < 1.29 is 9.94 Å². The highest BCUT2D eigenvalue weighted by atomic mass is 16.7. The SMILES string of the molecule is Nc1nc(N)n2c1ncn2OCCO. The summed E-state index contributed by atoms with van der Waals surface area (Å²) in [6.07, 6.45) is 1.40. The third kappa shape index (κ3) is 1.12. The van der Waals surface area contributed by atoms with Gasteiger partial charge in [-0.15, -0.1) is 0 Å². The normalized spacial score (nSPS) is 10.9. The number of imidazole rings is 1. The van der Waals surface area contributed by atoms with Gasteiger partial charge in [0.15, 0.2) is 12.1 Å². The Labute approximate surface area is 78.6 Å². The van der Waals surface area contributed by atoms with Crippen molar-refractivity contribution in [2.45, 2.75) is 0 Å². The first kappa shape index (κ1) is 8.63. The highest BCUT2D eigenvalue weighted by molar-refractivity contribution is 5.63. The first-order valence-corrected chi connectivity index (χ1v) is 3.95. The minimum atomic E-state index is -0.0935. The van der Waals surface area contributed by atoms with E-state index in [-0.39, 0.29) is 25.0 Å². The number of aliphatic hydroxyl groups excluding tert-OH is 1. The molecule has 8 heteroatoms. The molecule has 76 valence electrons. The van der Waals surface area contributed by atoms with Crippen LogP contribution in [0, 0.1) is 0 Å². The molecule has 0 fully saturated rings. The van der Waals surface area contributed by atoms with Gasteiger partial charge in [0.2, 0.25) is 11.6 Å². The van der Waals surface area contributed by atoms with Crippen LogP contribution in [0.2, 0.25) is 0 Å². The van der Waals surface area contributed by atoms with Crippen molar-refractivity contribution in [1.82, 2.24) is 19.3 Å². The van der Waals surface area contributed by atoms with Gasteiger partial charge in [0.1, 0.15) is 6.61 Å². The van der Waals surface area contributed by atoms with Crippen LogP contribution in [0.5, 0.6) is 0 Å². The van der Waals surface area contributed by atoms with Crippen molar-refractivity contribution in [2.24, 2.45) is 0 Å². The van der Waals surface area contributed by atoms with Gasteiger partial charge >= 0.3 is 0 Å². The number of nitrogens with two attached hydrogens (primary N) is 2. The molecule has 0 atom stereocenters. The zero-order valence-corrected chi connectivity index (χ0v) is 7.29. The molecule has 0 aliphatic carbocycles. The largest absolute Gasteiger partial charge is 0.394 e. The standard InChI is InChI=1S/C6H10N6O2/c7-4-5-9-3-11(14-2-1-13)12(5)6(8)10-4/h3,13H,1-2,7H2,(H2,8,10). The molecule has 2 rings (SSSR count). The number of nitrogen functional groups attached to an aromatic ring is 2. The average Bonchev–Trinajstić information content (AvgIpc) is 2.67. The van der Waals surface area contributed by atoms with E-state index in [2.05, 4.69) is 9.97 Å². The van der Waals surface area contributed by atoms with E-state index in [4.69, 9.17) is 21.4 Å². The maximum absolute atomic E-state index is 8.57. The molecule has 8 nitrogen and oxygen atoms in total. The van der Waals surface area contributed by atoms with Gasteiger partial charge < -0.3 is 21.4 Å². The van der Waals surface area contributed by atoms with Gasteiger partial charge in [-0.05, 0) is 0 Å². The van der Waals surface area contributed by atoms with E-state index in [9.17, 15) is 0 Å². The Morgan fingerprint density at radius 2 is 2.29 bits per heavy atom. The summed E-state index contributed by atoms with van der Waals surface area (Å²) in [6, 6.07) is 0. The van der Waals surface area contributed by atoms with Gasteiger partial charge in [0, 0.05) is 0 Å². The van der Waals surface area contributed by atoms with Crippen LogP contribution in [-0.4, -0.2) is 37.6 Å². The molecule has 0 saturated carbocycles. The van der Waals surface area contributed by atoms with Gasteiger partial charge in [-0.25, -0.2) is 4.98 Å². The average molecular weight is 198 g/mol. The zero-order valence-electron chi connectivity index (χ0n) is 7.29. The molecule has 0 amide bonds. The highest BCUT2D eigenvalue weighted by Crippen LogP contribution is 2.13. The molecule has 5 N–H and O–H groups in total. The van der Waals surface area contributed by atoms with Gasteiger partial charge in [0.25, 0.3) is 0 Å². The van der Waals surface area contributed by atoms with Crippen LogP contribution >= 0.6 is 0 Å². The van der Waals surface area contributed by atoms with Crippen LogP contribution < -0.4 is 16.3 Å². The van der Waals surface area contributed by atoms with Crippen LogP contribution in [0.15, 0.2) is 6.33 Å². The summed E-state index contributed by atoms with van der Waals surface area (Å²) in [4.78, 5) is 14.1. The predicted octanol–water partition coefficient (Wildman–Crippen LogP) is -1.88. The fourth-order valence-electron chi connectivity index (χ4n) is 1.13. The van der Waals surface area contributed by atoms with Crippen LogP contribution in [-0.2, 0) is 0 Å². The fraction of sp³-hybridized carbons (Fsp3) is 0.333. The van der Waals surface area contributed by atoms with Crippen molar-refractivity contribution >= 4 is 17.4 Å². The summed E-state index contributed by atoms with van der Waals surface area (Å²) in [5.41, 5.74) is 11.5. The fourth-order valence-corrected chi connectivity index (χ4v) is 1.13. The lowest BCUT2D eigenvalue weighted by atomic mass is 10.7. The Morgan fingerprint density at radius 3 is 3.00 bits per heavy atom. The van der Waals surface area contributed by atoms with E-state index in [0.717, 1.165) is 0 Å². The number of anilines is 2. The smallest absolute Gasteiger partial charge is 0.226 e. The Morgan fingerprint density at radius 1 is 1.50 bits per heavy atom. The van der Waals surface area contributed by atoms with E-state index >= 15 is 0 Å². The molecule has 0 aliphatic heterocycles. The first-order valence-electron chi connectivity index (χ1n) is 3.95. The number of aliphatic hydroxyl groups is 1. The Kier molecular flexibility index (Phi) is 1.89. The second kappa shape index (κ2) is 3.07. The summed E-state index contributed by atoms with van der Waals surface area (Å²) < 4.78 is 1.41. The topological polar surface area (TPSA) is 117 Å². The molecule has 0 spiro atoms. The summed E-state index contributed by atoms with van der Waals surface area (Å²) in [5, 5.41) is 8.57. The van der Waals surface area contributed by atoms with E-state index < -0.39 is 0 Å². The molecule has 2 aromatic heterocycles. The predicted molar refractivity (Wildman–Crippen MR) is 48.3 cm³/mol. The number of hydrogen-bond acceptors (Lipinski definition) is 6. The van der Waals surface area contributed by atoms with Crippen LogP contribution in [0.1, 0.15) is 0 Å². The van der Waals surface area contributed by atoms with E-state index in [1.807, 2.05) is 0 Å². The lowest BCUT2D eigenvalue weighted by molar-refractivity contribution is 0.0475. The Hall–Kier alpha value is -1.96. The number of aromatic nitrogens is 4. The number of nitrogens with zero attached hydrogens (tertiary/aromatic N) is 4. The van der Waals surface area contributed by atoms with Gasteiger partial charge in [-0.1, -0.05) is 4.85 Å². The quantitative estimate of drug-likeness (QED) is 0.531. The monoisotopic (exact) mass is 198 g/mol. The van der Waals surface area contributed by atoms with Crippen LogP contribution in [0.4, 0.5) is 11.8 Å². The van der Waals surface area contributed by atoms with Crippen molar-refractivity contribution in [3.8, 4) is 0 Å². The third-order valence-electron chi connectivity index (χ3n) is 1.67.